The van der Waals surface area contributed by atoms with Crippen molar-refractivity contribution in [2.75, 3.05) is 0 Å². The Hall–Kier alpha value is -0.610. The van der Waals surface area contributed by atoms with Crippen molar-refractivity contribution < 1.29 is 9.05 Å². The van der Waals surface area contributed by atoms with Crippen LogP contribution in [0, 0.1) is 0 Å². The third-order valence-corrected chi connectivity index (χ3v) is 8.18. The number of para-hydroxylation sites is 2. The summed E-state index contributed by atoms with van der Waals surface area (Å²) in [6.07, 6.45) is 0. The van der Waals surface area contributed by atoms with Crippen LogP contribution in [-0.2, 0) is 11.8 Å². The lowest BCUT2D eigenvalue weighted by Gasteiger charge is -2.20. The number of hydrogen-bond acceptors (Lipinski definition) is 5. The molecule has 0 aliphatic heterocycles. The van der Waals surface area contributed by atoms with Crippen molar-refractivity contribution in [3.63, 3.8) is 0 Å². The monoisotopic (exact) mass is 314 g/mol. The molecule has 2 rings (SSSR count). The summed E-state index contributed by atoms with van der Waals surface area (Å²) in [4.78, 5) is 0. The molecule has 0 heterocycles. The maximum Gasteiger partial charge on any atom is 0.359 e. The number of benzene rings is 2. The van der Waals surface area contributed by atoms with Crippen molar-refractivity contribution in [2.24, 2.45) is 0 Å². The first-order valence-electron chi connectivity index (χ1n) is 5.14. The number of rotatable bonds is 5. The molecular formula is C12H11O2PS3. The Bertz CT molecular complexity index is 488. The first-order chi connectivity index (χ1) is 8.72. The van der Waals surface area contributed by atoms with Gasteiger partial charge in [-0.25, -0.2) is 0 Å². The van der Waals surface area contributed by atoms with E-state index in [1.807, 2.05) is 60.7 Å². The highest BCUT2D eigenvalue weighted by atomic mass is 33.4. The summed E-state index contributed by atoms with van der Waals surface area (Å²) in [7, 11) is 1.14. The van der Waals surface area contributed by atoms with Gasteiger partial charge >= 0.3 is 5.69 Å². The van der Waals surface area contributed by atoms with Crippen molar-refractivity contribution in [1.82, 2.24) is 0 Å². The number of thiol groups is 1. The second-order valence-electron chi connectivity index (χ2n) is 3.34. The van der Waals surface area contributed by atoms with E-state index in [4.69, 9.17) is 20.9 Å². The van der Waals surface area contributed by atoms with Gasteiger partial charge in [-0.1, -0.05) is 48.1 Å². The SMILES string of the molecule is S=P(Oc1ccccc1)(Oc1ccccc1)SS. The molecule has 18 heavy (non-hydrogen) atoms. The minimum atomic E-state index is -2.53. The molecule has 0 spiro atoms. The Balaban J connectivity index is 2.14. The standard InChI is InChI=1S/C12H11O2PS3/c16-15(18-17,13-11-7-3-1-4-8-11)14-12-9-5-2-6-10-12/h1-10,17H. The smallest absolute Gasteiger partial charge is 0.359 e. The van der Waals surface area contributed by atoms with Gasteiger partial charge in [0, 0.05) is 22.2 Å². The van der Waals surface area contributed by atoms with E-state index in [9.17, 15) is 0 Å². The Morgan fingerprint density at radius 1 is 0.833 bits per heavy atom. The molecule has 0 saturated carbocycles. The molecule has 6 heteroatoms. The van der Waals surface area contributed by atoms with E-state index < -0.39 is 5.69 Å². The molecule has 0 bridgehead atoms. The van der Waals surface area contributed by atoms with Crippen LogP contribution in [0.5, 0.6) is 11.5 Å². The summed E-state index contributed by atoms with van der Waals surface area (Å²) >= 11 is 9.59. The van der Waals surface area contributed by atoms with Gasteiger partial charge in [0.1, 0.15) is 11.5 Å². The van der Waals surface area contributed by atoms with Crippen molar-refractivity contribution in [3.05, 3.63) is 60.7 Å². The lowest BCUT2D eigenvalue weighted by molar-refractivity contribution is 0.507. The summed E-state index contributed by atoms with van der Waals surface area (Å²) in [5.41, 5.74) is -2.53. The Morgan fingerprint density at radius 2 is 1.22 bits per heavy atom. The van der Waals surface area contributed by atoms with Crippen molar-refractivity contribution in [1.29, 1.82) is 0 Å². The van der Waals surface area contributed by atoms with Gasteiger partial charge in [0.25, 0.3) is 0 Å². The Morgan fingerprint density at radius 3 is 1.56 bits per heavy atom. The van der Waals surface area contributed by atoms with E-state index in [1.165, 1.54) is 0 Å². The zero-order chi connectivity index (χ0) is 12.8. The quantitative estimate of drug-likeness (QED) is 0.478. The normalized spacial score (nSPS) is 10.9. The minimum absolute atomic E-state index is 0.693. The Labute approximate surface area is 120 Å². The fourth-order valence-electron chi connectivity index (χ4n) is 1.27. The topological polar surface area (TPSA) is 18.5 Å². The van der Waals surface area contributed by atoms with E-state index in [2.05, 4.69) is 11.7 Å². The van der Waals surface area contributed by atoms with E-state index in [0.717, 1.165) is 10.4 Å². The molecule has 94 valence electrons. The first-order valence-corrected chi connectivity index (χ1v) is 10.3. The molecule has 0 fully saturated rings. The van der Waals surface area contributed by atoms with Gasteiger partial charge in [0.15, 0.2) is 0 Å². The average molecular weight is 314 g/mol. The zero-order valence-electron chi connectivity index (χ0n) is 9.30. The molecule has 0 N–H and O–H groups in total. The largest absolute Gasteiger partial charge is 0.428 e. The molecule has 0 radical (unpaired) electrons. The van der Waals surface area contributed by atoms with Gasteiger partial charge in [-0.05, 0) is 24.3 Å². The molecule has 0 aromatic heterocycles. The molecule has 0 aliphatic rings. The molecule has 2 nitrogen and oxygen atoms in total. The summed E-state index contributed by atoms with van der Waals surface area (Å²) in [6, 6.07) is 18.8. The van der Waals surface area contributed by atoms with Crippen LogP contribution in [0.2, 0.25) is 0 Å². The van der Waals surface area contributed by atoms with Crippen LogP contribution in [0.25, 0.3) is 0 Å². The molecule has 2 aromatic carbocycles. The highest BCUT2D eigenvalue weighted by Crippen LogP contribution is 2.61. The molecule has 0 atom stereocenters. The van der Waals surface area contributed by atoms with Crippen LogP contribution >= 0.6 is 27.8 Å². The van der Waals surface area contributed by atoms with Crippen molar-refractivity contribution in [2.45, 2.75) is 0 Å². The van der Waals surface area contributed by atoms with E-state index >= 15 is 0 Å². The maximum atomic E-state index is 5.75. The highest BCUT2D eigenvalue weighted by Gasteiger charge is 2.22. The molecule has 0 aliphatic carbocycles. The van der Waals surface area contributed by atoms with Crippen molar-refractivity contribution >= 4 is 39.6 Å². The van der Waals surface area contributed by atoms with Crippen LogP contribution < -0.4 is 9.05 Å². The van der Waals surface area contributed by atoms with Crippen LogP contribution in [0.15, 0.2) is 60.7 Å². The van der Waals surface area contributed by atoms with Gasteiger partial charge in [0.2, 0.25) is 0 Å². The summed E-state index contributed by atoms with van der Waals surface area (Å²) in [5, 5.41) is 0. The third kappa shape index (κ3) is 3.95. The summed E-state index contributed by atoms with van der Waals surface area (Å²) in [5.74, 6) is 1.39. The first kappa shape index (κ1) is 13.8. The van der Waals surface area contributed by atoms with Crippen LogP contribution in [0.1, 0.15) is 0 Å². The van der Waals surface area contributed by atoms with E-state index in [-0.39, 0.29) is 0 Å². The maximum absolute atomic E-state index is 5.75. The molecule has 0 amide bonds. The van der Waals surface area contributed by atoms with Crippen LogP contribution in [0.4, 0.5) is 0 Å². The van der Waals surface area contributed by atoms with Crippen molar-refractivity contribution in [3.8, 4) is 11.5 Å². The van der Waals surface area contributed by atoms with Gasteiger partial charge in [-0.2, -0.15) is 0 Å². The molecule has 0 unspecified atom stereocenters. The Kier molecular flexibility index (Phi) is 5.01. The lowest BCUT2D eigenvalue weighted by Crippen LogP contribution is -1.95. The molecular weight excluding hydrogens is 303 g/mol. The fraction of sp³-hybridized carbons (Fsp3) is 0. The van der Waals surface area contributed by atoms with Crippen LogP contribution in [0.3, 0.4) is 0 Å². The summed E-state index contributed by atoms with van der Waals surface area (Å²) in [6.45, 7) is 0. The zero-order valence-corrected chi connectivity index (χ0v) is 12.7. The lowest BCUT2D eigenvalue weighted by atomic mass is 10.3. The average Bonchev–Trinajstić information content (AvgIpc) is 2.41. The predicted molar refractivity (Wildman–Crippen MR) is 85.0 cm³/mol. The van der Waals surface area contributed by atoms with Gasteiger partial charge in [-0.15, -0.1) is 0 Å². The van der Waals surface area contributed by atoms with Gasteiger partial charge < -0.3 is 9.05 Å². The third-order valence-electron chi connectivity index (χ3n) is 2.02. The number of hydrogen-bond donors (Lipinski definition) is 1. The van der Waals surface area contributed by atoms with Gasteiger partial charge in [-0.3, -0.25) is 0 Å². The molecule has 0 saturated heterocycles. The second-order valence-corrected chi connectivity index (χ2v) is 10.3. The second kappa shape index (κ2) is 6.53. The predicted octanol–water partition coefficient (Wildman–Crippen LogP) is 4.95. The van der Waals surface area contributed by atoms with E-state index in [0.29, 0.717) is 11.5 Å². The van der Waals surface area contributed by atoms with Gasteiger partial charge in [0.05, 0.1) is 0 Å². The molecule has 2 aromatic rings. The highest BCUT2D eigenvalue weighted by molar-refractivity contribution is 8.98. The summed E-state index contributed by atoms with van der Waals surface area (Å²) < 4.78 is 11.5. The minimum Gasteiger partial charge on any atom is -0.428 e. The fourth-order valence-corrected chi connectivity index (χ4v) is 3.97. The van der Waals surface area contributed by atoms with Crippen LogP contribution in [-0.4, -0.2) is 0 Å². The van der Waals surface area contributed by atoms with E-state index in [1.54, 1.807) is 0 Å².